The molecular weight excluding hydrogens is 436 g/mol. The van der Waals surface area contributed by atoms with Gasteiger partial charge in [0.1, 0.15) is 0 Å². The van der Waals surface area contributed by atoms with E-state index in [4.69, 9.17) is 11.6 Å². The zero-order valence-electron chi connectivity index (χ0n) is 14.9. The smallest absolute Gasteiger partial charge is 0.214 e. The second-order valence-electron chi connectivity index (χ2n) is 7.78. The van der Waals surface area contributed by atoms with E-state index < -0.39 is 10.0 Å². The first-order valence-corrected chi connectivity index (χ1v) is 12.5. The van der Waals surface area contributed by atoms with Gasteiger partial charge in [-0.05, 0) is 61.3 Å². The van der Waals surface area contributed by atoms with Crippen LogP contribution in [0, 0.1) is 5.92 Å². The number of benzene rings is 1. The van der Waals surface area contributed by atoms with E-state index >= 15 is 0 Å². The number of nitrogens with zero attached hydrogens (tertiary/aromatic N) is 2. The van der Waals surface area contributed by atoms with Crippen molar-refractivity contribution >= 4 is 37.6 Å². The molecule has 2 fully saturated rings. The Morgan fingerprint density at radius 2 is 2.12 bits per heavy atom. The summed E-state index contributed by atoms with van der Waals surface area (Å²) in [7, 11) is -3.21. The highest BCUT2D eigenvalue weighted by Gasteiger charge is 2.45. The summed E-state index contributed by atoms with van der Waals surface area (Å²) in [6.07, 6.45) is 4.65. The minimum absolute atomic E-state index is 0.139. The van der Waals surface area contributed by atoms with E-state index in [2.05, 4.69) is 39.0 Å². The zero-order valence-corrected chi connectivity index (χ0v) is 18.1. The second kappa shape index (κ2) is 7.70. The van der Waals surface area contributed by atoms with Crippen molar-refractivity contribution in [1.29, 1.82) is 0 Å². The summed E-state index contributed by atoms with van der Waals surface area (Å²) < 4.78 is 28.8. The van der Waals surface area contributed by atoms with Crippen LogP contribution >= 0.6 is 27.5 Å². The molecule has 7 heteroatoms. The lowest BCUT2D eigenvalue weighted by molar-refractivity contribution is 0.0220. The predicted octanol–water partition coefficient (Wildman–Crippen LogP) is 3.79. The maximum absolute atomic E-state index is 12.9. The molecule has 0 radical (unpaired) electrons. The van der Waals surface area contributed by atoms with Gasteiger partial charge in [-0.2, -0.15) is 4.31 Å². The first-order chi connectivity index (χ1) is 12.5. The minimum Gasteiger partial charge on any atom is -0.296 e. The third-order valence-corrected chi connectivity index (χ3v) is 9.00. The van der Waals surface area contributed by atoms with Crippen LogP contribution in [0.3, 0.4) is 0 Å². The highest BCUT2D eigenvalue weighted by Crippen LogP contribution is 2.44. The van der Waals surface area contributed by atoms with Crippen LogP contribution in [0.15, 0.2) is 22.7 Å². The van der Waals surface area contributed by atoms with Crippen LogP contribution in [0.1, 0.15) is 42.9 Å². The van der Waals surface area contributed by atoms with Gasteiger partial charge in [-0.1, -0.05) is 22.0 Å². The average Bonchev–Trinajstić information content (AvgIpc) is 2.64. The number of hydrogen-bond acceptors (Lipinski definition) is 3. The molecule has 3 atom stereocenters. The fourth-order valence-corrected chi connectivity index (χ4v) is 7.60. The van der Waals surface area contributed by atoms with Crippen LogP contribution in [0.4, 0.5) is 0 Å². The molecule has 4 nitrogen and oxygen atoms in total. The number of hydrogen-bond donors (Lipinski definition) is 0. The van der Waals surface area contributed by atoms with Crippen molar-refractivity contribution in [2.45, 2.75) is 44.2 Å². The van der Waals surface area contributed by atoms with Gasteiger partial charge in [0.2, 0.25) is 10.0 Å². The van der Waals surface area contributed by atoms with Crippen LogP contribution in [-0.4, -0.2) is 54.9 Å². The van der Waals surface area contributed by atoms with Crippen molar-refractivity contribution in [2.24, 2.45) is 5.92 Å². The fraction of sp³-hybridized carbons (Fsp3) is 0.684. The number of sulfonamides is 1. The molecule has 1 aromatic carbocycles. The lowest BCUT2D eigenvalue weighted by atomic mass is 9.77. The Hall–Kier alpha value is -0.140. The molecule has 2 saturated heterocycles. The first kappa shape index (κ1) is 19.2. The van der Waals surface area contributed by atoms with Gasteiger partial charge in [-0.3, -0.25) is 4.90 Å². The Morgan fingerprint density at radius 3 is 2.92 bits per heavy atom. The molecule has 0 amide bonds. The van der Waals surface area contributed by atoms with Gasteiger partial charge in [0, 0.05) is 42.1 Å². The van der Waals surface area contributed by atoms with Crippen molar-refractivity contribution < 1.29 is 8.42 Å². The molecule has 3 heterocycles. The van der Waals surface area contributed by atoms with E-state index in [1.165, 1.54) is 11.1 Å². The zero-order chi connectivity index (χ0) is 18.3. The van der Waals surface area contributed by atoms with E-state index in [0.29, 0.717) is 30.8 Å². The predicted molar refractivity (Wildman–Crippen MR) is 109 cm³/mol. The Balaban J connectivity index is 1.61. The SMILES string of the molecule is O=S(=O)(CCCCl)N1CCC[C@@H]2CN3CCc4cc(Br)ccc4[C@@H]3C[C@@H]21. The number of rotatable bonds is 4. The highest BCUT2D eigenvalue weighted by molar-refractivity contribution is 9.10. The fourth-order valence-electron chi connectivity index (χ4n) is 5.08. The molecule has 0 spiro atoms. The Morgan fingerprint density at radius 1 is 1.27 bits per heavy atom. The van der Waals surface area contributed by atoms with E-state index in [-0.39, 0.29) is 11.8 Å². The quantitative estimate of drug-likeness (QED) is 0.641. The molecule has 26 heavy (non-hydrogen) atoms. The van der Waals surface area contributed by atoms with E-state index in [9.17, 15) is 8.42 Å². The normalized spacial score (nSPS) is 29.7. The average molecular weight is 462 g/mol. The molecule has 0 N–H and O–H groups in total. The topological polar surface area (TPSA) is 40.6 Å². The Labute approximate surface area is 170 Å². The Kier molecular flexibility index (Phi) is 5.69. The summed E-state index contributed by atoms with van der Waals surface area (Å²) >= 11 is 9.33. The number of alkyl halides is 1. The van der Waals surface area contributed by atoms with Crippen LogP contribution < -0.4 is 0 Å². The Bertz CT molecular complexity index is 773. The molecule has 0 saturated carbocycles. The third-order valence-electron chi connectivity index (χ3n) is 6.27. The largest absolute Gasteiger partial charge is 0.296 e. The van der Waals surface area contributed by atoms with Gasteiger partial charge in [-0.25, -0.2) is 8.42 Å². The van der Waals surface area contributed by atoms with Crippen molar-refractivity contribution in [1.82, 2.24) is 9.21 Å². The van der Waals surface area contributed by atoms with Crippen LogP contribution in [0.2, 0.25) is 0 Å². The summed E-state index contributed by atoms with van der Waals surface area (Å²) in [6, 6.07) is 7.06. The molecule has 0 bridgehead atoms. The standard InChI is InChI=1S/C19H26BrClN2O2S/c20-16-4-5-17-14(11-16)6-9-22-13-15-3-1-8-23(18(15)12-19(17)22)26(24,25)10-2-7-21/h4-5,11,15,18-19H,1-3,6-10,12-13H2/t15-,18+,19+/m1/s1. The monoisotopic (exact) mass is 460 g/mol. The van der Waals surface area contributed by atoms with Crippen molar-refractivity contribution in [2.75, 3.05) is 31.3 Å². The van der Waals surface area contributed by atoms with Crippen LogP contribution in [0.25, 0.3) is 0 Å². The summed E-state index contributed by atoms with van der Waals surface area (Å²) in [5.41, 5.74) is 2.80. The van der Waals surface area contributed by atoms with Crippen molar-refractivity contribution in [3.8, 4) is 0 Å². The first-order valence-electron chi connectivity index (χ1n) is 9.57. The van der Waals surface area contributed by atoms with Gasteiger partial charge in [0.15, 0.2) is 0 Å². The summed E-state index contributed by atoms with van der Waals surface area (Å²) in [5, 5.41) is 0. The molecule has 1 aromatic rings. The van der Waals surface area contributed by atoms with Crippen molar-refractivity contribution in [3.05, 3.63) is 33.8 Å². The molecule has 0 aromatic heterocycles. The van der Waals surface area contributed by atoms with Crippen molar-refractivity contribution in [3.63, 3.8) is 0 Å². The van der Waals surface area contributed by atoms with E-state index in [1.807, 2.05) is 4.31 Å². The van der Waals surface area contributed by atoms with Gasteiger partial charge in [0.25, 0.3) is 0 Å². The summed E-state index contributed by atoms with van der Waals surface area (Å²) in [5.74, 6) is 1.04. The molecule has 3 aliphatic rings. The van der Waals surface area contributed by atoms with Gasteiger partial charge >= 0.3 is 0 Å². The molecule has 144 valence electrons. The minimum atomic E-state index is -3.21. The third kappa shape index (κ3) is 3.60. The summed E-state index contributed by atoms with van der Waals surface area (Å²) in [4.78, 5) is 2.59. The maximum Gasteiger partial charge on any atom is 0.214 e. The number of piperidine rings is 2. The molecule has 4 rings (SSSR count). The highest BCUT2D eigenvalue weighted by atomic mass is 79.9. The molecule has 3 aliphatic heterocycles. The lowest BCUT2D eigenvalue weighted by Gasteiger charge is -2.51. The molecule has 0 unspecified atom stereocenters. The molecule has 0 aliphatic carbocycles. The van der Waals surface area contributed by atoms with Crippen LogP contribution in [-0.2, 0) is 16.4 Å². The van der Waals surface area contributed by atoms with E-state index in [1.54, 1.807) is 0 Å². The summed E-state index contributed by atoms with van der Waals surface area (Å²) in [6.45, 7) is 2.77. The number of halogens is 2. The maximum atomic E-state index is 12.9. The molecular formula is C19H26BrClN2O2S. The number of fused-ring (bicyclic) bond motifs is 4. The van der Waals surface area contributed by atoms with Gasteiger partial charge in [0.05, 0.1) is 5.75 Å². The lowest BCUT2D eigenvalue weighted by Crippen LogP contribution is -2.57. The van der Waals surface area contributed by atoms with Gasteiger partial charge < -0.3 is 0 Å². The second-order valence-corrected chi connectivity index (χ2v) is 11.1. The van der Waals surface area contributed by atoms with Crippen LogP contribution in [0.5, 0.6) is 0 Å². The van der Waals surface area contributed by atoms with E-state index in [0.717, 1.165) is 43.2 Å². The van der Waals surface area contributed by atoms with Gasteiger partial charge in [-0.15, -0.1) is 11.6 Å².